The van der Waals surface area contributed by atoms with Crippen LogP contribution in [0.4, 0.5) is 0 Å². The van der Waals surface area contributed by atoms with Crippen LogP contribution in [0.2, 0.25) is 0 Å². The van der Waals surface area contributed by atoms with Gasteiger partial charge in [-0.2, -0.15) is 0 Å². The molecule has 0 radical (unpaired) electrons. The van der Waals surface area contributed by atoms with Crippen LogP contribution >= 0.6 is 0 Å². The third-order valence-corrected chi connectivity index (χ3v) is 9.98. The summed E-state index contributed by atoms with van der Waals surface area (Å²) >= 11 is 0. The molecule has 0 spiro atoms. The van der Waals surface area contributed by atoms with Crippen LogP contribution in [0.3, 0.4) is 0 Å². The maximum Gasteiger partial charge on any atom is 0.217 e. The Balaban J connectivity index is 1.59. The molecular formula is C32H56N2O21. The predicted molar refractivity (Wildman–Crippen MR) is 176 cm³/mol. The lowest BCUT2D eigenvalue weighted by Crippen LogP contribution is -2.70. The number of rotatable bonds is 14. The molecule has 0 bridgehead atoms. The minimum atomic E-state index is -1.88. The molecule has 0 aromatic rings. The highest BCUT2D eigenvalue weighted by Gasteiger charge is 2.55. The van der Waals surface area contributed by atoms with Gasteiger partial charge in [0.05, 0.1) is 38.1 Å². The van der Waals surface area contributed by atoms with E-state index in [4.69, 9.17) is 37.9 Å². The number of carbonyl (C=O) groups is 2. The molecule has 13 N–H and O–H groups in total. The second kappa shape index (κ2) is 19.8. The van der Waals surface area contributed by atoms with E-state index in [1.165, 1.54) is 20.8 Å². The summed E-state index contributed by atoms with van der Waals surface area (Å²) in [6, 6.07) is -2.95. The van der Waals surface area contributed by atoms with E-state index in [0.717, 1.165) is 13.8 Å². The number of ether oxygens (including phenoxy) is 8. The Morgan fingerprint density at radius 1 is 0.564 bits per heavy atom. The summed E-state index contributed by atoms with van der Waals surface area (Å²) in [5.41, 5.74) is 0. The quantitative estimate of drug-likeness (QED) is 0.0775. The highest BCUT2D eigenvalue weighted by Crippen LogP contribution is 2.35. The van der Waals surface area contributed by atoms with Gasteiger partial charge in [0.25, 0.3) is 0 Å². The number of hydrogen-bond donors (Lipinski definition) is 13. The minimum Gasteiger partial charge on any atom is -0.394 e. The van der Waals surface area contributed by atoms with Crippen LogP contribution in [-0.2, 0) is 47.5 Å². The summed E-state index contributed by atoms with van der Waals surface area (Å²) in [6.45, 7) is 3.98. The normalized spacial score (nSPS) is 46.4. The number of aliphatic hydroxyl groups excluding tert-OH is 11. The third-order valence-electron chi connectivity index (χ3n) is 9.98. The Labute approximate surface area is 315 Å². The van der Waals surface area contributed by atoms with Crippen LogP contribution in [0, 0.1) is 0 Å². The Morgan fingerprint density at radius 2 is 1.05 bits per heavy atom. The van der Waals surface area contributed by atoms with Crippen LogP contribution in [0.5, 0.6) is 0 Å². The zero-order valence-corrected chi connectivity index (χ0v) is 30.8. The van der Waals surface area contributed by atoms with Crippen molar-refractivity contribution in [3.8, 4) is 0 Å². The van der Waals surface area contributed by atoms with Crippen molar-refractivity contribution in [2.24, 2.45) is 0 Å². The van der Waals surface area contributed by atoms with Crippen LogP contribution in [0.15, 0.2) is 0 Å². The van der Waals surface area contributed by atoms with Crippen LogP contribution in [0.1, 0.15) is 34.6 Å². The van der Waals surface area contributed by atoms with Crippen LogP contribution < -0.4 is 10.6 Å². The number of aliphatic hydroxyl groups is 11. The minimum absolute atomic E-state index is 0.679. The standard InChI is InChI=1S/C32H56N2O21/c1-9-19(41)23(45)24(46)31(49-9)55-28-21(43)11(3)50-32(25(28)47)54-27-18(34-13(5)39)30(48-10(2)20(27)42)53-26-16(8-37)52-29(17(22(26)44)33-12(4)38)51-15(7-36)14(40)6-35/h9-11,14-32,35-37,40-47H,6-8H2,1-5H3,(H,33,38)(H,34,39)/t9-,10+,11-,14+,15-,16+,17+,18+,19-,20+,21-,22+,23+,24+,25+,26+,27+,28+,29+,30-,31-,32-/m0/s1. The van der Waals surface area contributed by atoms with Crippen molar-refractivity contribution in [2.45, 2.75) is 170 Å². The highest BCUT2D eigenvalue weighted by atomic mass is 16.8. The molecule has 0 aromatic carbocycles. The second-order valence-corrected chi connectivity index (χ2v) is 14.2. The molecule has 0 saturated carbocycles. The summed E-state index contributed by atoms with van der Waals surface area (Å²) in [4.78, 5) is 24.7. The van der Waals surface area contributed by atoms with Gasteiger partial charge in [0, 0.05) is 13.8 Å². The van der Waals surface area contributed by atoms with E-state index in [2.05, 4.69) is 10.6 Å². The van der Waals surface area contributed by atoms with Crippen molar-refractivity contribution in [2.75, 3.05) is 19.8 Å². The van der Waals surface area contributed by atoms with Gasteiger partial charge < -0.3 is 105 Å². The lowest BCUT2D eigenvalue weighted by molar-refractivity contribution is -0.373. The molecule has 4 heterocycles. The van der Waals surface area contributed by atoms with Gasteiger partial charge in [-0.1, -0.05) is 0 Å². The fourth-order valence-corrected chi connectivity index (χ4v) is 6.82. The van der Waals surface area contributed by atoms with Gasteiger partial charge in [0.1, 0.15) is 91.4 Å². The zero-order valence-electron chi connectivity index (χ0n) is 30.8. The molecule has 0 unspecified atom stereocenters. The Kier molecular flexibility index (Phi) is 16.5. The van der Waals surface area contributed by atoms with Gasteiger partial charge in [-0.3, -0.25) is 9.59 Å². The molecule has 4 aliphatic heterocycles. The molecule has 22 atom stereocenters. The smallest absolute Gasteiger partial charge is 0.217 e. The van der Waals surface area contributed by atoms with E-state index >= 15 is 0 Å². The van der Waals surface area contributed by atoms with Crippen molar-refractivity contribution in [3.63, 3.8) is 0 Å². The third kappa shape index (κ3) is 10.4. The van der Waals surface area contributed by atoms with Crippen LogP contribution in [0.25, 0.3) is 0 Å². The molecule has 4 aliphatic rings. The van der Waals surface area contributed by atoms with E-state index in [-0.39, 0.29) is 0 Å². The maximum atomic E-state index is 12.5. The summed E-state index contributed by atoms with van der Waals surface area (Å²) in [5.74, 6) is -1.37. The Bertz CT molecular complexity index is 1240. The Morgan fingerprint density at radius 3 is 1.60 bits per heavy atom. The maximum absolute atomic E-state index is 12.5. The van der Waals surface area contributed by atoms with Crippen molar-refractivity contribution >= 4 is 11.8 Å². The molecule has 23 heteroatoms. The molecule has 0 aliphatic carbocycles. The molecule has 4 rings (SSSR count). The molecule has 55 heavy (non-hydrogen) atoms. The van der Waals surface area contributed by atoms with Crippen LogP contribution in [-0.4, -0.2) is 223 Å². The summed E-state index contributed by atoms with van der Waals surface area (Å²) in [5, 5.41) is 120. The van der Waals surface area contributed by atoms with Crippen molar-refractivity contribution in [1.82, 2.24) is 10.6 Å². The molecule has 2 amide bonds. The predicted octanol–water partition coefficient (Wildman–Crippen LogP) is -7.64. The van der Waals surface area contributed by atoms with E-state index < -0.39 is 167 Å². The topological polar surface area (TPSA) is 355 Å². The average molecular weight is 805 g/mol. The van der Waals surface area contributed by atoms with E-state index in [1.807, 2.05) is 0 Å². The summed E-state index contributed by atoms with van der Waals surface area (Å²) < 4.78 is 46.4. The van der Waals surface area contributed by atoms with E-state index in [0.29, 0.717) is 0 Å². The summed E-state index contributed by atoms with van der Waals surface area (Å²) in [6.07, 6.45) is -30.8. The second-order valence-electron chi connectivity index (χ2n) is 14.2. The fourth-order valence-electron chi connectivity index (χ4n) is 6.82. The molecular weight excluding hydrogens is 748 g/mol. The first-order chi connectivity index (χ1) is 25.8. The van der Waals surface area contributed by atoms with Crippen molar-refractivity contribution in [1.29, 1.82) is 0 Å². The first kappa shape index (κ1) is 45.9. The SMILES string of the molecule is CC(=O)N[C@H]1[C@H](O[C@@H](CO)[C@H](O)CO)O[C@H](CO)[C@@H](O[C@@H]2O[C@H](C)[C@@H](O)[C@H](O[C@@H]3O[C@@H](C)[C@H](O)[C@@H](O[C@@H]4O[C@@H](C)[C@H](O)[C@@H](O)[C@H]4O)[C@H]3O)[C@H]2NC(C)=O)[C@@H]1O. The number of carbonyl (C=O) groups excluding carboxylic acids is 2. The molecule has 0 aromatic heterocycles. The largest absolute Gasteiger partial charge is 0.394 e. The highest BCUT2D eigenvalue weighted by molar-refractivity contribution is 5.73. The molecule has 4 saturated heterocycles. The molecule has 320 valence electrons. The first-order valence-electron chi connectivity index (χ1n) is 17.9. The van der Waals surface area contributed by atoms with E-state index in [9.17, 15) is 65.8 Å². The van der Waals surface area contributed by atoms with Gasteiger partial charge in [0.2, 0.25) is 11.8 Å². The van der Waals surface area contributed by atoms with Gasteiger partial charge in [-0.15, -0.1) is 0 Å². The number of nitrogens with one attached hydrogen (secondary N) is 2. The molecule has 4 fully saturated rings. The van der Waals surface area contributed by atoms with Gasteiger partial charge in [-0.05, 0) is 20.8 Å². The van der Waals surface area contributed by atoms with Gasteiger partial charge >= 0.3 is 0 Å². The lowest BCUT2D eigenvalue weighted by atomic mass is 9.94. The lowest BCUT2D eigenvalue weighted by Gasteiger charge is -2.50. The van der Waals surface area contributed by atoms with Crippen molar-refractivity contribution in [3.05, 3.63) is 0 Å². The summed E-state index contributed by atoms with van der Waals surface area (Å²) in [7, 11) is 0. The Hall–Kier alpha value is -1.82. The zero-order chi connectivity index (χ0) is 41.0. The van der Waals surface area contributed by atoms with Gasteiger partial charge in [-0.25, -0.2) is 0 Å². The first-order valence-corrected chi connectivity index (χ1v) is 17.9. The number of amides is 2. The number of hydrogen-bond acceptors (Lipinski definition) is 21. The molecule has 23 nitrogen and oxygen atoms in total. The average Bonchev–Trinajstić information content (AvgIpc) is 3.13. The van der Waals surface area contributed by atoms with E-state index in [1.54, 1.807) is 0 Å². The van der Waals surface area contributed by atoms with Crippen molar-refractivity contribution < 1.29 is 104 Å². The monoisotopic (exact) mass is 804 g/mol. The van der Waals surface area contributed by atoms with Gasteiger partial charge in [0.15, 0.2) is 25.2 Å². The fraction of sp³-hybridized carbons (Fsp3) is 0.938.